The summed E-state index contributed by atoms with van der Waals surface area (Å²) >= 11 is 1.73. The van der Waals surface area contributed by atoms with Crippen LogP contribution in [0.2, 0.25) is 0 Å². The van der Waals surface area contributed by atoms with E-state index < -0.39 is 0 Å². The van der Waals surface area contributed by atoms with Gasteiger partial charge < -0.3 is 15.4 Å². The van der Waals surface area contributed by atoms with Gasteiger partial charge in [-0.25, -0.2) is 4.98 Å². The summed E-state index contributed by atoms with van der Waals surface area (Å²) in [6, 6.07) is 10.5. The Morgan fingerprint density at radius 3 is 2.70 bits per heavy atom. The Hall–Kier alpha value is -1.19. The van der Waals surface area contributed by atoms with Crippen LogP contribution in [0.25, 0.3) is 0 Å². The van der Waals surface area contributed by atoms with Crippen LogP contribution in [0.3, 0.4) is 0 Å². The monoisotopic (exact) mass is 500 g/mol. The Balaban J connectivity index is 0.00000261. The lowest BCUT2D eigenvalue weighted by Crippen LogP contribution is -2.41. The maximum Gasteiger partial charge on any atom is 0.191 e. The highest BCUT2D eigenvalue weighted by molar-refractivity contribution is 14.0. The zero-order chi connectivity index (χ0) is 18.4. The molecule has 2 N–H and O–H groups in total. The lowest BCUT2D eigenvalue weighted by atomic mass is 9.89. The van der Waals surface area contributed by atoms with Crippen molar-refractivity contribution in [2.75, 3.05) is 20.2 Å². The van der Waals surface area contributed by atoms with Crippen LogP contribution in [-0.2, 0) is 11.3 Å². The van der Waals surface area contributed by atoms with Crippen molar-refractivity contribution in [2.24, 2.45) is 10.9 Å². The molecule has 7 heteroatoms. The number of aromatic nitrogens is 1. The number of hydrogen-bond donors (Lipinski definition) is 2. The van der Waals surface area contributed by atoms with Crippen molar-refractivity contribution in [2.45, 2.75) is 39.3 Å². The van der Waals surface area contributed by atoms with Crippen molar-refractivity contribution < 1.29 is 4.74 Å². The summed E-state index contributed by atoms with van der Waals surface area (Å²) in [6.45, 7) is 6.54. The number of nitrogens with zero attached hydrogens (tertiary/aromatic N) is 2. The molecule has 0 amide bonds. The van der Waals surface area contributed by atoms with E-state index >= 15 is 0 Å². The average Bonchev–Trinajstić information content (AvgIpc) is 3.00. The fourth-order valence-corrected chi connectivity index (χ4v) is 4.16. The minimum Gasteiger partial charge on any atom is -0.373 e. The molecule has 2 aromatic rings. The van der Waals surface area contributed by atoms with E-state index in [0.717, 1.165) is 42.7 Å². The second kappa shape index (κ2) is 11.0. The molecule has 2 atom stereocenters. The van der Waals surface area contributed by atoms with Crippen LogP contribution in [0.4, 0.5) is 0 Å². The molecule has 27 heavy (non-hydrogen) atoms. The molecule has 0 radical (unpaired) electrons. The highest BCUT2D eigenvalue weighted by atomic mass is 127. The van der Waals surface area contributed by atoms with Crippen LogP contribution in [0.15, 0.2) is 35.3 Å². The molecule has 1 fully saturated rings. The van der Waals surface area contributed by atoms with Crippen LogP contribution < -0.4 is 10.6 Å². The van der Waals surface area contributed by atoms with Crippen LogP contribution in [0.5, 0.6) is 0 Å². The molecule has 5 nitrogen and oxygen atoms in total. The molecule has 1 saturated heterocycles. The lowest BCUT2D eigenvalue weighted by Gasteiger charge is -2.32. The van der Waals surface area contributed by atoms with Gasteiger partial charge in [0.1, 0.15) is 5.01 Å². The van der Waals surface area contributed by atoms with Crippen LogP contribution in [-0.4, -0.2) is 31.1 Å². The second-order valence-corrected chi connectivity index (χ2v) is 7.95. The third-order valence-corrected chi connectivity index (χ3v) is 5.88. The lowest BCUT2D eigenvalue weighted by molar-refractivity contribution is -0.0265. The van der Waals surface area contributed by atoms with E-state index in [2.05, 4.69) is 58.7 Å². The molecule has 1 aromatic carbocycles. The van der Waals surface area contributed by atoms with E-state index in [4.69, 9.17) is 4.74 Å². The van der Waals surface area contributed by atoms with Crippen molar-refractivity contribution in [3.05, 3.63) is 51.5 Å². The first-order valence-electron chi connectivity index (χ1n) is 9.21. The van der Waals surface area contributed by atoms with Crippen LogP contribution in [0, 0.1) is 19.8 Å². The quantitative estimate of drug-likeness (QED) is 0.367. The summed E-state index contributed by atoms with van der Waals surface area (Å²) in [5, 5.41) is 7.92. The maximum absolute atomic E-state index is 6.08. The standard InChI is InChI=1S/C20H28N4OS.HI/c1-14-15(2)26-18(24-14)13-23-20(21-3)22-12-17-10-7-11-25-19(17)16-8-5-4-6-9-16;/h4-6,8-9,17,19H,7,10-13H2,1-3H3,(H2,21,22,23);1H. The first kappa shape index (κ1) is 22.1. The van der Waals surface area contributed by atoms with Gasteiger partial charge >= 0.3 is 0 Å². The molecule has 0 saturated carbocycles. The third kappa shape index (κ3) is 6.15. The summed E-state index contributed by atoms with van der Waals surface area (Å²) in [7, 11) is 1.81. The van der Waals surface area contributed by atoms with Crippen molar-refractivity contribution in [1.29, 1.82) is 0 Å². The maximum atomic E-state index is 6.08. The van der Waals surface area contributed by atoms with E-state index in [1.165, 1.54) is 10.4 Å². The molecule has 2 heterocycles. The molecule has 0 bridgehead atoms. The Labute approximate surface area is 183 Å². The first-order valence-corrected chi connectivity index (χ1v) is 10.0. The molecule has 0 spiro atoms. The number of halogens is 1. The van der Waals surface area contributed by atoms with Gasteiger partial charge in [0.15, 0.2) is 5.96 Å². The van der Waals surface area contributed by atoms with Gasteiger partial charge in [0.05, 0.1) is 18.3 Å². The SMILES string of the molecule is CN=C(NCc1nc(C)c(C)s1)NCC1CCCOC1c1ccccc1.I. The Morgan fingerprint density at radius 1 is 1.26 bits per heavy atom. The fraction of sp³-hybridized carbons (Fsp3) is 0.500. The fourth-order valence-electron chi connectivity index (χ4n) is 3.29. The van der Waals surface area contributed by atoms with Crippen molar-refractivity contribution in [3.8, 4) is 0 Å². The molecule has 1 aromatic heterocycles. The minimum atomic E-state index is 0. The minimum absolute atomic E-state index is 0. The van der Waals surface area contributed by atoms with E-state index in [1.54, 1.807) is 18.4 Å². The van der Waals surface area contributed by atoms with E-state index in [1.807, 2.05) is 6.07 Å². The number of nitrogens with one attached hydrogen (secondary N) is 2. The van der Waals surface area contributed by atoms with Crippen LogP contribution >= 0.6 is 35.3 Å². The van der Waals surface area contributed by atoms with E-state index in [0.29, 0.717) is 12.5 Å². The number of aliphatic imine (C=N–C) groups is 1. The first-order chi connectivity index (χ1) is 12.7. The summed E-state index contributed by atoms with van der Waals surface area (Å²) in [5.74, 6) is 1.25. The smallest absolute Gasteiger partial charge is 0.191 e. The third-order valence-electron chi connectivity index (χ3n) is 4.81. The van der Waals surface area contributed by atoms with Gasteiger partial charge in [-0.15, -0.1) is 35.3 Å². The molecule has 148 valence electrons. The average molecular weight is 500 g/mol. The van der Waals surface area contributed by atoms with Gasteiger partial charge in [0, 0.05) is 31.0 Å². The number of hydrogen-bond acceptors (Lipinski definition) is 4. The normalized spacial score (nSPS) is 20.0. The van der Waals surface area contributed by atoms with Gasteiger partial charge in [-0.3, -0.25) is 4.99 Å². The van der Waals surface area contributed by atoms with Gasteiger partial charge in [-0.2, -0.15) is 0 Å². The van der Waals surface area contributed by atoms with Gasteiger partial charge in [0.2, 0.25) is 0 Å². The number of guanidine groups is 1. The molecular weight excluding hydrogens is 471 g/mol. The van der Waals surface area contributed by atoms with Gasteiger partial charge in [-0.1, -0.05) is 30.3 Å². The van der Waals surface area contributed by atoms with Crippen molar-refractivity contribution >= 4 is 41.3 Å². The highest BCUT2D eigenvalue weighted by Crippen LogP contribution is 2.33. The van der Waals surface area contributed by atoms with Crippen molar-refractivity contribution in [3.63, 3.8) is 0 Å². The van der Waals surface area contributed by atoms with Crippen molar-refractivity contribution in [1.82, 2.24) is 15.6 Å². The van der Waals surface area contributed by atoms with Gasteiger partial charge in [-0.05, 0) is 32.3 Å². The molecule has 2 unspecified atom stereocenters. The summed E-state index contributed by atoms with van der Waals surface area (Å²) < 4.78 is 6.08. The summed E-state index contributed by atoms with van der Waals surface area (Å²) in [6.07, 6.45) is 2.42. The Kier molecular flexibility index (Phi) is 8.98. The molecule has 1 aliphatic heterocycles. The zero-order valence-corrected chi connectivity index (χ0v) is 19.3. The number of thiazole rings is 1. The van der Waals surface area contributed by atoms with Crippen LogP contribution in [0.1, 0.15) is 40.1 Å². The molecular formula is C20H29IN4OS. The number of ether oxygens (including phenoxy) is 1. The number of benzene rings is 1. The van der Waals surface area contributed by atoms with Gasteiger partial charge in [0.25, 0.3) is 0 Å². The van der Waals surface area contributed by atoms with E-state index in [9.17, 15) is 0 Å². The summed E-state index contributed by atoms with van der Waals surface area (Å²) in [4.78, 5) is 10.2. The topological polar surface area (TPSA) is 58.5 Å². The molecule has 0 aliphatic carbocycles. The molecule has 1 aliphatic rings. The Morgan fingerprint density at radius 2 is 2.04 bits per heavy atom. The largest absolute Gasteiger partial charge is 0.373 e. The zero-order valence-electron chi connectivity index (χ0n) is 16.2. The van der Waals surface area contributed by atoms with E-state index in [-0.39, 0.29) is 30.1 Å². The highest BCUT2D eigenvalue weighted by Gasteiger charge is 2.27. The predicted molar refractivity (Wildman–Crippen MR) is 123 cm³/mol. The molecule has 3 rings (SSSR count). The number of rotatable bonds is 5. The predicted octanol–water partition coefficient (Wildman–Crippen LogP) is 4.21. The second-order valence-electron chi connectivity index (χ2n) is 6.66. The number of aryl methyl sites for hydroxylation is 2. The Bertz CT molecular complexity index is 715. The summed E-state index contributed by atoms with van der Waals surface area (Å²) in [5.41, 5.74) is 2.37.